The van der Waals surface area contributed by atoms with Crippen LogP contribution in [0.5, 0.6) is 0 Å². The van der Waals surface area contributed by atoms with Gasteiger partial charge in [0, 0.05) is 16.6 Å². The molecule has 0 amide bonds. The minimum absolute atomic E-state index is 0.00523. The van der Waals surface area contributed by atoms with Crippen LogP contribution < -0.4 is 5.32 Å². The van der Waals surface area contributed by atoms with Gasteiger partial charge in [-0.1, -0.05) is 22.4 Å². The SMILES string of the molecule is O=C(O)C1CCCC(Nc2cc(Br)ccc2[N+](=O)[O-])C1. The Morgan fingerprint density at radius 3 is 2.85 bits per heavy atom. The molecular weight excluding hydrogens is 328 g/mol. The molecule has 1 fully saturated rings. The number of carboxylic acid groups (broad SMARTS) is 1. The molecule has 1 aromatic carbocycles. The lowest BCUT2D eigenvalue weighted by atomic mass is 9.85. The van der Waals surface area contributed by atoms with Gasteiger partial charge in [-0.2, -0.15) is 0 Å². The van der Waals surface area contributed by atoms with Crippen molar-refractivity contribution in [2.45, 2.75) is 31.7 Å². The number of hydrogen-bond acceptors (Lipinski definition) is 4. The first-order valence-corrected chi connectivity index (χ1v) is 7.20. The summed E-state index contributed by atoms with van der Waals surface area (Å²) in [7, 11) is 0. The third-order valence-corrected chi connectivity index (χ3v) is 4.03. The molecule has 20 heavy (non-hydrogen) atoms. The van der Waals surface area contributed by atoms with Gasteiger partial charge in [0.05, 0.1) is 10.8 Å². The predicted octanol–water partition coefficient (Wildman–Crippen LogP) is 3.41. The van der Waals surface area contributed by atoms with E-state index in [0.29, 0.717) is 18.5 Å². The fourth-order valence-corrected chi connectivity index (χ4v) is 2.91. The molecule has 1 aromatic rings. The number of carbonyl (C=O) groups is 1. The lowest BCUT2D eigenvalue weighted by Gasteiger charge is -2.28. The van der Waals surface area contributed by atoms with E-state index in [1.165, 1.54) is 6.07 Å². The molecule has 2 rings (SSSR count). The van der Waals surface area contributed by atoms with Crippen molar-refractivity contribution in [2.24, 2.45) is 5.92 Å². The number of carboxylic acids is 1. The van der Waals surface area contributed by atoms with Crippen LogP contribution in [0, 0.1) is 16.0 Å². The standard InChI is InChI=1S/C13H15BrN2O4/c14-9-4-5-12(16(19)20)11(7-9)15-10-3-1-2-8(6-10)13(17)18/h4-5,7-8,10,15H,1-3,6H2,(H,17,18). The van der Waals surface area contributed by atoms with E-state index >= 15 is 0 Å². The molecule has 108 valence electrons. The number of nitrogens with one attached hydrogen (secondary N) is 1. The predicted molar refractivity (Wildman–Crippen MR) is 77.8 cm³/mol. The number of halogens is 1. The van der Waals surface area contributed by atoms with Gasteiger partial charge in [-0.15, -0.1) is 0 Å². The minimum Gasteiger partial charge on any atom is -0.481 e. The fraction of sp³-hybridized carbons (Fsp3) is 0.462. The van der Waals surface area contributed by atoms with Crippen LogP contribution in [0.1, 0.15) is 25.7 Å². The van der Waals surface area contributed by atoms with Crippen LogP contribution in [0.15, 0.2) is 22.7 Å². The summed E-state index contributed by atoms with van der Waals surface area (Å²) in [5.74, 6) is -1.16. The number of nitro benzene ring substituents is 1. The molecule has 2 atom stereocenters. The Morgan fingerprint density at radius 1 is 1.45 bits per heavy atom. The summed E-state index contributed by atoms with van der Waals surface area (Å²) >= 11 is 3.29. The van der Waals surface area contributed by atoms with Crippen molar-refractivity contribution < 1.29 is 14.8 Å². The average Bonchev–Trinajstić information content (AvgIpc) is 2.38. The van der Waals surface area contributed by atoms with Gasteiger partial charge < -0.3 is 10.4 Å². The molecule has 6 nitrogen and oxygen atoms in total. The molecule has 0 aromatic heterocycles. The molecule has 1 aliphatic carbocycles. The first kappa shape index (κ1) is 14.8. The summed E-state index contributed by atoms with van der Waals surface area (Å²) in [6, 6.07) is 4.66. The van der Waals surface area contributed by atoms with E-state index in [0.717, 1.165) is 17.3 Å². The highest BCUT2D eigenvalue weighted by atomic mass is 79.9. The van der Waals surface area contributed by atoms with Gasteiger partial charge in [0.1, 0.15) is 5.69 Å². The summed E-state index contributed by atoms with van der Waals surface area (Å²) in [5.41, 5.74) is 0.436. The van der Waals surface area contributed by atoms with Crippen LogP contribution in [0.3, 0.4) is 0 Å². The largest absolute Gasteiger partial charge is 0.481 e. The van der Waals surface area contributed by atoms with Gasteiger partial charge in [-0.25, -0.2) is 0 Å². The minimum atomic E-state index is -0.791. The zero-order valence-corrected chi connectivity index (χ0v) is 12.3. The third-order valence-electron chi connectivity index (χ3n) is 3.54. The lowest BCUT2D eigenvalue weighted by molar-refractivity contribution is -0.384. The van der Waals surface area contributed by atoms with E-state index in [4.69, 9.17) is 5.11 Å². The second kappa shape index (κ2) is 6.21. The van der Waals surface area contributed by atoms with Crippen LogP contribution in [-0.4, -0.2) is 22.0 Å². The van der Waals surface area contributed by atoms with Crippen molar-refractivity contribution >= 4 is 33.3 Å². The number of aliphatic carboxylic acids is 1. The molecule has 0 radical (unpaired) electrons. The number of rotatable bonds is 4. The second-order valence-electron chi connectivity index (χ2n) is 4.96. The van der Waals surface area contributed by atoms with E-state index in [1.807, 2.05) is 0 Å². The van der Waals surface area contributed by atoms with Crippen LogP contribution in [0.4, 0.5) is 11.4 Å². The van der Waals surface area contributed by atoms with Crippen LogP contribution >= 0.6 is 15.9 Å². The van der Waals surface area contributed by atoms with Gasteiger partial charge in [0.15, 0.2) is 0 Å². The monoisotopic (exact) mass is 342 g/mol. The first-order valence-electron chi connectivity index (χ1n) is 6.40. The van der Waals surface area contributed by atoms with Crippen molar-refractivity contribution in [1.82, 2.24) is 0 Å². The first-order chi connectivity index (χ1) is 9.47. The fourth-order valence-electron chi connectivity index (χ4n) is 2.55. The van der Waals surface area contributed by atoms with Crippen molar-refractivity contribution in [3.63, 3.8) is 0 Å². The van der Waals surface area contributed by atoms with E-state index in [2.05, 4.69) is 21.2 Å². The summed E-state index contributed by atoms with van der Waals surface area (Å²) in [4.78, 5) is 21.6. The van der Waals surface area contributed by atoms with Crippen molar-refractivity contribution in [1.29, 1.82) is 0 Å². The molecule has 0 spiro atoms. The zero-order chi connectivity index (χ0) is 14.7. The van der Waals surface area contributed by atoms with Gasteiger partial charge in [0.25, 0.3) is 5.69 Å². The van der Waals surface area contributed by atoms with E-state index in [9.17, 15) is 14.9 Å². The maximum Gasteiger partial charge on any atom is 0.306 e. The molecule has 0 heterocycles. The Balaban J connectivity index is 2.15. The maximum atomic E-state index is 11.0. The van der Waals surface area contributed by atoms with E-state index in [1.54, 1.807) is 12.1 Å². The van der Waals surface area contributed by atoms with Gasteiger partial charge in [-0.05, 0) is 31.4 Å². The lowest BCUT2D eigenvalue weighted by Crippen LogP contribution is -2.31. The van der Waals surface area contributed by atoms with Crippen LogP contribution in [0.25, 0.3) is 0 Å². The molecule has 1 saturated carbocycles. The summed E-state index contributed by atoms with van der Waals surface area (Å²) in [6.07, 6.45) is 2.82. The summed E-state index contributed by atoms with van der Waals surface area (Å²) in [5, 5.41) is 23.2. The number of nitro groups is 1. The van der Waals surface area contributed by atoms with Crippen molar-refractivity contribution in [3.05, 3.63) is 32.8 Å². The molecule has 0 aliphatic heterocycles. The Morgan fingerprint density at radius 2 is 2.20 bits per heavy atom. The molecule has 0 bridgehead atoms. The number of anilines is 1. The highest BCUT2D eigenvalue weighted by Crippen LogP contribution is 2.32. The zero-order valence-electron chi connectivity index (χ0n) is 10.7. The van der Waals surface area contributed by atoms with Gasteiger partial charge >= 0.3 is 5.97 Å². The third kappa shape index (κ3) is 3.47. The molecule has 0 saturated heterocycles. The van der Waals surface area contributed by atoms with Crippen LogP contribution in [0.2, 0.25) is 0 Å². The summed E-state index contributed by atoms with van der Waals surface area (Å²) in [6.45, 7) is 0. The highest BCUT2D eigenvalue weighted by molar-refractivity contribution is 9.10. The highest BCUT2D eigenvalue weighted by Gasteiger charge is 2.28. The summed E-state index contributed by atoms with van der Waals surface area (Å²) < 4.78 is 0.746. The number of nitrogens with zero attached hydrogens (tertiary/aromatic N) is 1. The van der Waals surface area contributed by atoms with Crippen molar-refractivity contribution in [2.75, 3.05) is 5.32 Å². The van der Waals surface area contributed by atoms with E-state index in [-0.39, 0.29) is 17.6 Å². The maximum absolute atomic E-state index is 11.0. The molecule has 7 heteroatoms. The Kier molecular flexibility index (Phi) is 4.59. The van der Waals surface area contributed by atoms with E-state index < -0.39 is 10.9 Å². The Hall–Kier alpha value is -1.63. The normalized spacial score (nSPS) is 22.2. The molecule has 1 aliphatic rings. The molecular formula is C13H15BrN2O4. The smallest absolute Gasteiger partial charge is 0.306 e. The molecule has 2 N–H and O–H groups in total. The number of benzene rings is 1. The van der Waals surface area contributed by atoms with Gasteiger partial charge in [-0.3, -0.25) is 14.9 Å². The Bertz CT molecular complexity index is 535. The van der Waals surface area contributed by atoms with Crippen molar-refractivity contribution in [3.8, 4) is 0 Å². The molecule has 2 unspecified atom stereocenters. The topological polar surface area (TPSA) is 92.5 Å². The second-order valence-corrected chi connectivity index (χ2v) is 5.88. The Labute approximate surface area is 124 Å². The van der Waals surface area contributed by atoms with Crippen LogP contribution in [-0.2, 0) is 4.79 Å². The quantitative estimate of drug-likeness (QED) is 0.646. The number of hydrogen-bond donors (Lipinski definition) is 2. The van der Waals surface area contributed by atoms with Gasteiger partial charge in [0.2, 0.25) is 0 Å². The average molecular weight is 343 g/mol.